The van der Waals surface area contributed by atoms with Gasteiger partial charge in [-0.2, -0.15) is 0 Å². The van der Waals surface area contributed by atoms with E-state index >= 15 is 0 Å². The van der Waals surface area contributed by atoms with Crippen LogP contribution in [-0.4, -0.2) is 20.2 Å². The molecule has 28 heavy (non-hydrogen) atoms. The van der Waals surface area contributed by atoms with E-state index in [1.165, 1.54) is 0 Å². The van der Waals surface area contributed by atoms with Crippen molar-refractivity contribution in [3.8, 4) is 11.5 Å². The number of phenolic OH excluding ortho intramolecular Hbond substituents is 2. The van der Waals surface area contributed by atoms with Gasteiger partial charge in [-0.05, 0) is 24.2 Å². The van der Waals surface area contributed by atoms with Crippen LogP contribution in [0.1, 0.15) is 16.4 Å². The number of aromatic nitrogens is 2. The predicted molar refractivity (Wildman–Crippen MR) is 110 cm³/mol. The number of fused-ring (bicyclic) bond motifs is 2. The molecule has 0 saturated carbocycles. The van der Waals surface area contributed by atoms with Crippen LogP contribution in [0, 0.1) is 0 Å². The van der Waals surface area contributed by atoms with E-state index in [-0.39, 0.29) is 48.0 Å². The van der Waals surface area contributed by atoms with Crippen molar-refractivity contribution in [2.75, 3.05) is 0 Å². The maximum absolute atomic E-state index is 9.62. The number of hydrogen-bond acceptors (Lipinski definition) is 4. The summed E-state index contributed by atoms with van der Waals surface area (Å²) in [7, 11) is 20.1. The molecular weight excluding hydrogens is 600 g/mol. The summed E-state index contributed by atoms with van der Waals surface area (Å²) < 4.78 is 89.6. The van der Waals surface area contributed by atoms with Crippen LogP contribution in [0.3, 0.4) is 0 Å². The second-order valence-electron chi connectivity index (χ2n) is 4.27. The first-order chi connectivity index (χ1) is 17.7. The average molecular weight is 627 g/mol. The molecule has 4 nitrogen and oxygen atoms in total. The summed E-state index contributed by atoms with van der Waals surface area (Å²) in [5.74, 6) is -1.27. The zero-order chi connectivity index (χ0) is 30.3. The van der Waals surface area contributed by atoms with E-state index < -0.39 is 99.8 Å². The Balaban J connectivity index is 0.000000336. The van der Waals surface area contributed by atoms with Crippen molar-refractivity contribution in [2.24, 2.45) is 0 Å². The number of benzene rings is 2. The molecule has 0 amide bonds. The van der Waals surface area contributed by atoms with Crippen molar-refractivity contribution >= 4 is 55.9 Å². The van der Waals surface area contributed by atoms with E-state index in [9.17, 15) is 10.2 Å². The summed E-state index contributed by atoms with van der Waals surface area (Å²) in [5.41, 5.74) is -0.496. The number of phenols is 2. The Morgan fingerprint density at radius 3 is 1.36 bits per heavy atom. The molecule has 0 radical (unpaired) electrons. The fourth-order valence-electron chi connectivity index (χ4n) is 1.53. The van der Waals surface area contributed by atoms with Crippen molar-refractivity contribution in [2.45, 2.75) is 0 Å². The number of nitrogens with zero attached hydrogens (tertiary/aromatic N) is 2. The molecule has 0 aliphatic carbocycles. The van der Waals surface area contributed by atoms with E-state index in [1.807, 2.05) is 0 Å². The molecule has 0 aliphatic heterocycles. The molecule has 0 unspecified atom stereocenters. The Bertz CT molecular complexity index is 1490. The van der Waals surface area contributed by atoms with Gasteiger partial charge in [0.05, 0.1) is 16.4 Å². The van der Waals surface area contributed by atoms with Gasteiger partial charge in [-0.25, -0.2) is 0 Å². The summed E-state index contributed by atoms with van der Waals surface area (Å²) in [6.45, 7) is 0. The van der Waals surface area contributed by atoms with Crippen molar-refractivity contribution in [3.05, 3.63) is 72.8 Å². The van der Waals surface area contributed by atoms with Crippen LogP contribution in [0.15, 0.2) is 72.8 Å². The van der Waals surface area contributed by atoms with Gasteiger partial charge in [0.1, 0.15) is 22.5 Å². The van der Waals surface area contributed by atoms with Crippen molar-refractivity contribution in [1.82, 2.24) is 9.97 Å². The number of para-hydroxylation sites is 2. The Labute approximate surface area is 217 Å². The summed E-state index contributed by atoms with van der Waals surface area (Å²) in [5, 5.41) is 18.9. The topological polar surface area (TPSA) is 66.2 Å². The normalized spacial score (nSPS) is 16.1. The summed E-state index contributed by atoms with van der Waals surface area (Å²) >= 11 is -3.29. The van der Waals surface area contributed by atoms with Crippen molar-refractivity contribution in [1.29, 1.82) is 0 Å². The molecule has 0 bridgehead atoms. The summed E-state index contributed by atoms with van der Waals surface area (Å²) in [4.78, 5) is 7.17. The van der Waals surface area contributed by atoms with Gasteiger partial charge < -0.3 is 10.2 Å². The third-order valence-electron chi connectivity index (χ3n) is 2.48. The van der Waals surface area contributed by atoms with Crippen molar-refractivity contribution in [3.63, 3.8) is 0 Å². The first kappa shape index (κ1) is 12.6. The number of rotatable bonds is 0. The standard InChI is InChI=1S/2C9H7NO.4ClH.2Zr/c2*11-8-5-1-3-7-4-2-6-10-9(7)8;;;;;;/h2*1-6,11H;4*1H;;/q;;;;;;;+4/p-4/i2*1D,2D,3D,4D,5D,6D;;;;;;. The Morgan fingerprint density at radius 1 is 0.679 bits per heavy atom. The second kappa shape index (κ2) is 12.5. The maximum atomic E-state index is 9.62. The number of aromatic hydroxyl groups is 2. The molecule has 0 spiro atoms. The van der Waals surface area contributed by atoms with Crippen LogP contribution < -0.4 is 0 Å². The smallest absolute Gasteiger partial charge is 0 e. The van der Waals surface area contributed by atoms with Gasteiger partial charge in [-0.15, -0.1) is 0 Å². The van der Waals surface area contributed by atoms with E-state index in [2.05, 4.69) is 9.97 Å². The van der Waals surface area contributed by atoms with E-state index in [4.69, 9.17) is 50.5 Å². The Hall–Kier alpha value is -0.214. The number of hydrogen-bond donors (Lipinski definition) is 2. The molecular formula is C18H14Cl4N2O2Zr2. The minimum atomic E-state index is -3.29. The largest absolute Gasteiger partial charge is 0 e. The van der Waals surface area contributed by atoms with Gasteiger partial charge in [0.15, 0.2) is 0 Å². The maximum Gasteiger partial charge on any atom is 0 e. The van der Waals surface area contributed by atoms with Crippen molar-refractivity contribution < 1.29 is 68.4 Å². The molecule has 10 heteroatoms. The molecule has 4 rings (SSSR count). The Morgan fingerprint density at radius 2 is 1.00 bits per heavy atom. The molecule has 2 aromatic carbocycles. The molecule has 144 valence electrons. The van der Waals surface area contributed by atoms with E-state index in [0.29, 0.717) is 0 Å². The zero-order valence-corrected chi connectivity index (χ0v) is 21.2. The van der Waals surface area contributed by atoms with Gasteiger partial charge in [0.2, 0.25) is 0 Å². The Kier molecular flexibility index (Phi) is 5.61. The van der Waals surface area contributed by atoms with E-state index in [0.717, 1.165) is 0 Å². The van der Waals surface area contributed by atoms with Crippen LogP contribution in [0.2, 0.25) is 0 Å². The van der Waals surface area contributed by atoms with Gasteiger partial charge >= 0.3 is 49.5 Å². The van der Waals surface area contributed by atoms with Gasteiger partial charge in [0.25, 0.3) is 0 Å². The fourth-order valence-corrected chi connectivity index (χ4v) is 1.53. The molecule has 0 atom stereocenters. The van der Waals surface area contributed by atoms with Crippen LogP contribution in [0.4, 0.5) is 0 Å². The monoisotopic (exact) mass is 622 g/mol. The van der Waals surface area contributed by atoms with Gasteiger partial charge in [-0.1, -0.05) is 36.3 Å². The first-order valence-corrected chi connectivity index (χ1v) is 19.3. The molecule has 4 aromatic rings. The second-order valence-corrected chi connectivity index (χ2v) is 26.7. The minimum Gasteiger partial charge on any atom is 0 e. The summed E-state index contributed by atoms with van der Waals surface area (Å²) in [6, 6.07) is -4.86. The molecule has 0 fully saturated rings. The van der Waals surface area contributed by atoms with Crippen LogP contribution in [0.25, 0.3) is 21.8 Å². The fraction of sp³-hybridized carbons (Fsp3) is 0. The molecule has 2 N–H and O–H groups in total. The first-order valence-electron chi connectivity index (χ1n) is 12.6. The third kappa shape index (κ3) is 9.07. The third-order valence-corrected chi connectivity index (χ3v) is 2.48. The summed E-state index contributed by atoms with van der Waals surface area (Å²) in [6.07, 6.45) is -1.01. The zero-order valence-electron chi connectivity index (χ0n) is 25.3. The molecule has 2 heterocycles. The SMILES string of the molecule is [2H]c1nc2c(O)c([2H])c([2H])c([2H])c2c([2H])c1[2H].[2H]c1nc2c(O)c([2H])c([2H])c([2H])c2c([2H])c1[2H].[Cl][Zr]([Cl])([Cl])[Cl].[Zr]. The molecule has 0 saturated heterocycles. The van der Waals surface area contributed by atoms with Crippen LogP contribution in [-0.2, 0) is 41.7 Å². The van der Waals surface area contributed by atoms with E-state index in [1.54, 1.807) is 0 Å². The average Bonchev–Trinajstić information content (AvgIpc) is 2.84. The number of pyridine rings is 2. The molecule has 2 aromatic heterocycles. The number of halogens is 4. The van der Waals surface area contributed by atoms with Crippen LogP contribution in [0.5, 0.6) is 11.5 Å². The predicted octanol–water partition coefficient (Wildman–Crippen LogP) is 6.63. The van der Waals surface area contributed by atoms with Gasteiger partial charge in [-0.3, -0.25) is 9.97 Å². The molecule has 0 aliphatic rings. The van der Waals surface area contributed by atoms with Crippen LogP contribution >= 0.6 is 34.1 Å². The quantitative estimate of drug-likeness (QED) is 0.230. The minimum absolute atomic E-state index is 0. The van der Waals surface area contributed by atoms with Gasteiger partial charge in [0, 0.05) is 49.3 Å².